The SMILES string of the molecule is Cl.Cl.NC1(C(=O)N2CCN(c3ccc(Cl)cc3)CC2)CCC1. The monoisotopic (exact) mass is 365 g/mol. The van der Waals surface area contributed by atoms with Crippen LogP contribution in [0.3, 0.4) is 0 Å². The summed E-state index contributed by atoms with van der Waals surface area (Å²) < 4.78 is 0. The summed E-state index contributed by atoms with van der Waals surface area (Å²) in [4.78, 5) is 16.6. The van der Waals surface area contributed by atoms with E-state index in [0.717, 1.165) is 56.2 Å². The Morgan fingerprint density at radius 3 is 2.05 bits per heavy atom. The van der Waals surface area contributed by atoms with Crippen molar-refractivity contribution in [2.75, 3.05) is 31.1 Å². The average molecular weight is 367 g/mol. The molecule has 1 aliphatic heterocycles. The fourth-order valence-electron chi connectivity index (χ4n) is 2.91. The lowest BCUT2D eigenvalue weighted by atomic mass is 9.76. The molecule has 1 saturated heterocycles. The molecule has 1 aromatic carbocycles. The van der Waals surface area contributed by atoms with Crippen molar-refractivity contribution in [2.24, 2.45) is 5.73 Å². The molecule has 1 heterocycles. The van der Waals surface area contributed by atoms with Gasteiger partial charge in [-0.3, -0.25) is 4.79 Å². The van der Waals surface area contributed by atoms with Crippen LogP contribution in [0.15, 0.2) is 24.3 Å². The van der Waals surface area contributed by atoms with Crippen molar-refractivity contribution < 1.29 is 4.79 Å². The lowest BCUT2D eigenvalue weighted by Crippen LogP contribution is -2.62. The summed E-state index contributed by atoms with van der Waals surface area (Å²) in [6.07, 6.45) is 2.75. The minimum atomic E-state index is -0.567. The molecule has 1 saturated carbocycles. The molecule has 2 aliphatic rings. The van der Waals surface area contributed by atoms with Crippen LogP contribution in [0.2, 0.25) is 5.02 Å². The van der Waals surface area contributed by atoms with Gasteiger partial charge in [-0.1, -0.05) is 11.6 Å². The zero-order valence-electron chi connectivity index (χ0n) is 12.3. The molecule has 4 nitrogen and oxygen atoms in total. The van der Waals surface area contributed by atoms with E-state index in [1.807, 2.05) is 29.2 Å². The van der Waals surface area contributed by atoms with Crippen molar-refractivity contribution in [1.29, 1.82) is 0 Å². The first kappa shape index (κ1) is 19.4. The summed E-state index contributed by atoms with van der Waals surface area (Å²) in [5, 5.41) is 0.748. The molecule has 0 radical (unpaired) electrons. The molecule has 1 aromatic rings. The molecule has 0 spiro atoms. The number of amides is 1. The zero-order chi connectivity index (χ0) is 14.2. The summed E-state index contributed by atoms with van der Waals surface area (Å²) in [6.45, 7) is 3.20. The number of hydrogen-bond donors (Lipinski definition) is 1. The molecule has 3 rings (SSSR count). The van der Waals surface area contributed by atoms with E-state index >= 15 is 0 Å². The molecule has 0 atom stereocenters. The predicted octanol–water partition coefficient (Wildman–Crippen LogP) is 2.71. The number of carbonyl (C=O) groups excluding carboxylic acids is 1. The van der Waals surface area contributed by atoms with Crippen LogP contribution in [0, 0.1) is 0 Å². The van der Waals surface area contributed by atoms with E-state index in [1.54, 1.807) is 0 Å². The number of nitrogens with zero attached hydrogens (tertiary/aromatic N) is 2. The van der Waals surface area contributed by atoms with Crippen LogP contribution in [-0.4, -0.2) is 42.5 Å². The maximum absolute atomic E-state index is 12.4. The molecule has 7 heteroatoms. The van der Waals surface area contributed by atoms with Crippen molar-refractivity contribution in [2.45, 2.75) is 24.8 Å². The van der Waals surface area contributed by atoms with E-state index in [-0.39, 0.29) is 30.7 Å². The highest BCUT2D eigenvalue weighted by molar-refractivity contribution is 6.30. The van der Waals surface area contributed by atoms with Crippen LogP contribution in [0.4, 0.5) is 5.69 Å². The summed E-state index contributed by atoms with van der Waals surface area (Å²) in [6, 6.07) is 7.85. The Balaban J connectivity index is 0.00000121. The average Bonchev–Trinajstić information content (AvgIpc) is 2.45. The second kappa shape index (κ2) is 7.73. The molecule has 0 bridgehead atoms. The molecule has 2 fully saturated rings. The summed E-state index contributed by atoms with van der Waals surface area (Å²) in [5.74, 6) is 0.138. The molecule has 1 amide bonds. The number of anilines is 1. The number of halogens is 3. The third-order valence-electron chi connectivity index (χ3n) is 4.43. The van der Waals surface area contributed by atoms with E-state index in [9.17, 15) is 4.79 Å². The number of rotatable bonds is 2. The number of hydrogen-bond acceptors (Lipinski definition) is 3. The van der Waals surface area contributed by atoms with Gasteiger partial charge in [-0.15, -0.1) is 24.8 Å². The predicted molar refractivity (Wildman–Crippen MR) is 95.5 cm³/mol. The van der Waals surface area contributed by atoms with Gasteiger partial charge in [-0.05, 0) is 43.5 Å². The molecule has 1 aliphatic carbocycles. The maximum atomic E-state index is 12.4. The molecular formula is C15H22Cl3N3O. The number of benzene rings is 1. The fourth-order valence-corrected chi connectivity index (χ4v) is 3.03. The standard InChI is InChI=1S/C15H20ClN3O.2ClH/c16-12-2-4-13(5-3-12)18-8-10-19(11-9-18)14(20)15(17)6-1-7-15;;/h2-5H,1,6-11,17H2;2*1H. The molecule has 0 aromatic heterocycles. The molecule has 0 unspecified atom stereocenters. The zero-order valence-corrected chi connectivity index (χ0v) is 14.7. The maximum Gasteiger partial charge on any atom is 0.242 e. The third kappa shape index (κ3) is 3.80. The van der Waals surface area contributed by atoms with Gasteiger partial charge in [0.25, 0.3) is 0 Å². The first-order chi connectivity index (χ1) is 9.58. The van der Waals surface area contributed by atoms with E-state index in [1.165, 1.54) is 0 Å². The quantitative estimate of drug-likeness (QED) is 0.875. The fraction of sp³-hybridized carbons (Fsp3) is 0.533. The highest BCUT2D eigenvalue weighted by Crippen LogP contribution is 2.31. The smallest absolute Gasteiger partial charge is 0.242 e. The molecule has 22 heavy (non-hydrogen) atoms. The minimum absolute atomic E-state index is 0. The van der Waals surface area contributed by atoms with Crippen molar-refractivity contribution >= 4 is 48.0 Å². The van der Waals surface area contributed by atoms with Gasteiger partial charge in [0.15, 0.2) is 0 Å². The first-order valence-corrected chi connectivity index (χ1v) is 7.55. The van der Waals surface area contributed by atoms with Gasteiger partial charge < -0.3 is 15.5 Å². The first-order valence-electron chi connectivity index (χ1n) is 7.17. The Bertz CT molecular complexity index is 497. The van der Waals surface area contributed by atoms with E-state index in [2.05, 4.69) is 4.90 Å². The molecule has 124 valence electrons. The van der Waals surface area contributed by atoms with Gasteiger partial charge in [0.05, 0.1) is 5.54 Å². The van der Waals surface area contributed by atoms with Gasteiger partial charge >= 0.3 is 0 Å². The lowest BCUT2D eigenvalue weighted by molar-refractivity contribution is -0.140. The molecular weight excluding hydrogens is 345 g/mol. The summed E-state index contributed by atoms with van der Waals surface area (Å²) in [7, 11) is 0. The van der Waals surface area contributed by atoms with E-state index in [0.29, 0.717) is 0 Å². The Hall–Kier alpha value is -0.680. The minimum Gasteiger partial charge on any atom is -0.368 e. The van der Waals surface area contributed by atoms with Gasteiger partial charge in [0.2, 0.25) is 5.91 Å². The molecule has 2 N–H and O–H groups in total. The van der Waals surface area contributed by atoms with E-state index in [4.69, 9.17) is 17.3 Å². The van der Waals surface area contributed by atoms with Crippen LogP contribution < -0.4 is 10.6 Å². The summed E-state index contributed by atoms with van der Waals surface area (Å²) in [5.41, 5.74) is 6.71. The number of nitrogens with two attached hydrogens (primary N) is 1. The van der Waals surface area contributed by atoms with Crippen molar-refractivity contribution in [1.82, 2.24) is 4.90 Å². The Morgan fingerprint density at radius 1 is 1.05 bits per heavy atom. The van der Waals surface area contributed by atoms with Gasteiger partial charge in [0, 0.05) is 36.9 Å². The Morgan fingerprint density at radius 2 is 1.59 bits per heavy atom. The van der Waals surface area contributed by atoms with E-state index < -0.39 is 5.54 Å². The second-order valence-electron chi connectivity index (χ2n) is 5.77. The van der Waals surface area contributed by atoms with Crippen LogP contribution >= 0.6 is 36.4 Å². The second-order valence-corrected chi connectivity index (χ2v) is 6.20. The van der Waals surface area contributed by atoms with Crippen molar-refractivity contribution in [3.63, 3.8) is 0 Å². The highest BCUT2D eigenvalue weighted by Gasteiger charge is 2.43. The van der Waals surface area contributed by atoms with Crippen molar-refractivity contribution in [3.8, 4) is 0 Å². The normalized spacial score (nSPS) is 19.5. The summed E-state index contributed by atoms with van der Waals surface area (Å²) >= 11 is 5.90. The van der Waals surface area contributed by atoms with Gasteiger partial charge in [-0.2, -0.15) is 0 Å². The Labute approximate surface area is 148 Å². The number of carbonyl (C=O) groups is 1. The van der Waals surface area contributed by atoms with Gasteiger partial charge in [-0.25, -0.2) is 0 Å². The lowest BCUT2D eigenvalue weighted by Gasteiger charge is -2.43. The van der Waals surface area contributed by atoms with Gasteiger partial charge in [0.1, 0.15) is 0 Å². The van der Waals surface area contributed by atoms with Crippen LogP contribution in [0.25, 0.3) is 0 Å². The van der Waals surface area contributed by atoms with Crippen LogP contribution in [0.5, 0.6) is 0 Å². The van der Waals surface area contributed by atoms with Crippen molar-refractivity contribution in [3.05, 3.63) is 29.3 Å². The number of piperazine rings is 1. The third-order valence-corrected chi connectivity index (χ3v) is 4.68. The highest BCUT2D eigenvalue weighted by atomic mass is 35.5. The Kier molecular flexibility index (Phi) is 6.81. The largest absolute Gasteiger partial charge is 0.368 e. The van der Waals surface area contributed by atoms with Crippen LogP contribution in [-0.2, 0) is 4.79 Å². The van der Waals surface area contributed by atoms with Crippen LogP contribution in [0.1, 0.15) is 19.3 Å². The topological polar surface area (TPSA) is 49.6 Å².